The average molecular weight is 327 g/mol. The van der Waals surface area contributed by atoms with Crippen LogP contribution in [0, 0.1) is 6.92 Å². The first-order valence-corrected chi connectivity index (χ1v) is 7.41. The number of sulfone groups is 1. The van der Waals surface area contributed by atoms with Gasteiger partial charge in [0.05, 0.1) is 9.79 Å². The number of rotatable bonds is 2. The van der Waals surface area contributed by atoms with Gasteiger partial charge < -0.3 is 5.73 Å². The minimum absolute atomic E-state index is 0.137. The number of nitrogens with two attached hydrogens (primary N) is 1. The van der Waals surface area contributed by atoms with E-state index in [1.807, 2.05) is 6.92 Å². The lowest BCUT2D eigenvalue weighted by Crippen LogP contribution is -2.03. The third-order valence-electron chi connectivity index (χ3n) is 2.51. The van der Waals surface area contributed by atoms with E-state index < -0.39 is 9.84 Å². The number of anilines is 1. The van der Waals surface area contributed by atoms with E-state index >= 15 is 0 Å². The predicted octanol–water partition coefficient (Wildman–Crippen LogP) is 2.57. The Morgan fingerprint density at radius 2 is 1.83 bits per heavy atom. The smallest absolute Gasteiger partial charge is 0.208 e. The molecule has 0 saturated carbocycles. The maximum atomic E-state index is 12.3. The van der Waals surface area contributed by atoms with Crippen LogP contribution < -0.4 is 5.73 Å². The second-order valence-electron chi connectivity index (χ2n) is 3.83. The number of aryl methyl sites for hydroxylation is 1. The zero-order valence-electron chi connectivity index (χ0n) is 9.59. The van der Waals surface area contributed by atoms with Crippen molar-refractivity contribution in [1.82, 2.24) is 4.98 Å². The number of pyridine rings is 1. The molecule has 1 aromatic carbocycles. The summed E-state index contributed by atoms with van der Waals surface area (Å²) >= 11 is 3.34. The van der Waals surface area contributed by atoms with Gasteiger partial charge in [0.15, 0.2) is 0 Å². The Bertz CT molecular complexity index is 682. The van der Waals surface area contributed by atoms with Crippen LogP contribution in [-0.2, 0) is 9.84 Å². The van der Waals surface area contributed by atoms with E-state index in [0.717, 1.165) is 10.0 Å². The van der Waals surface area contributed by atoms with E-state index in [1.165, 1.54) is 18.3 Å². The lowest BCUT2D eigenvalue weighted by atomic mass is 10.2. The van der Waals surface area contributed by atoms with E-state index in [-0.39, 0.29) is 9.79 Å². The average Bonchev–Trinajstić information content (AvgIpc) is 2.33. The van der Waals surface area contributed by atoms with Crippen molar-refractivity contribution in [3.05, 3.63) is 46.6 Å². The molecule has 0 radical (unpaired) electrons. The van der Waals surface area contributed by atoms with Crippen LogP contribution in [0.3, 0.4) is 0 Å². The van der Waals surface area contributed by atoms with Gasteiger partial charge in [0, 0.05) is 10.7 Å². The molecule has 0 spiro atoms. The fourth-order valence-corrected chi connectivity index (χ4v) is 3.01. The number of nitrogen functional groups attached to an aromatic ring is 1. The van der Waals surface area contributed by atoms with Gasteiger partial charge in [-0.2, -0.15) is 0 Å². The van der Waals surface area contributed by atoms with Gasteiger partial charge in [0.25, 0.3) is 0 Å². The van der Waals surface area contributed by atoms with Crippen LogP contribution in [0.25, 0.3) is 0 Å². The van der Waals surface area contributed by atoms with Crippen LogP contribution in [-0.4, -0.2) is 13.4 Å². The first-order chi connectivity index (χ1) is 8.41. The molecule has 0 aliphatic heterocycles. The first kappa shape index (κ1) is 13.0. The highest BCUT2D eigenvalue weighted by atomic mass is 79.9. The third kappa shape index (κ3) is 2.39. The van der Waals surface area contributed by atoms with Crippen LogP contribution in [0.15, 0.2) is 50.8 Å². The molecule has 2 rings (SSSR count). The van der Waals surface area contributed by atoms with Crippen molar-refractivity contribution < 1.29 is 8.42 Å². The number of aromatic nitrogens is 1. The Balaban J connectivity index is 2.54. The molecule has 1 heterocycles. The monoisotopic (exact) mass is 326 g/mol. The molecule has 0 atom stereocenters. The minimum atomic E-state index is -3.53. The van der Waals surface area contributed by atoms with Crippen molar-refractivity contribution in [3.63, 3.8) is 0 Å². The van der Waals surface area contributed by atoms with Crippen LogP contribution in [0.4, 0.5) is 5.82 Å². The second-order valence-corrected chi connectivity index (χ2v) is 6.64. The fraction of sp³-hybridized carbons (Fsp3) is 0.0833. The summed E-state index contributed by atoms with van der Waals surface area (Å²) in [4.78, 5) is 4.18. The van der Waals surface area contributed by atoms with Crippen LogP contribution in [0.5, 0.6) is 0 Å². The molecule has 94 valence electrons. The summed E-state index contributed by atoms with van der Waals surface area (Å²) in [5.74, 6) is 0.293. The van der Waals surface area contributed by atoms with Gasteiger partial charge >= 0.3 is 0 Å². The number of hydrogen-bond donors (Lipinski definition) is 1. The lowest BCUT2D eigenvalue weighted by Gasteiger charge is -2.06. The standard InChI is InChI=1S/C12H11BrN2O2S/c1-8-6-9(2-4-11(8)13)18(16,17)10-3-5-12(14)15-7-10/h2-7H,1H3,(H2,14,15). The van der Waals surface area contributed by atoms with Gasteiger partial charge in [-0.3, -0.25) is 0 Å². The van der Waals surface area contributed by atoms with E-state index in [1.54, 1.807) is 18.2 Å². The SMILES string of the molecule is Cc1cc(S(=O)(=O)c2ccc(N)nc2)ccc1Br. The summed E-state index contributed by atoms with van der Waals surface area (Å²) in [6.45, 7) is 1.84. The maximum absolute atomic E-state index is 12.3. The van der Waals surface area contributed by atoms with Crippen LogP contribution in [0.1, 0.15) is 5.56 Å². The molecule has 0 saturated heterocycles. The third-order valence-corrected chi connectivity index (χ3v) is 5.14. The van der Waals surface area contributed by atoms with Gasteiger partial charge in [-0.05, 0) is 42.8 Å². The quantitative estimate of drug-likeness (QED) is 0.920. The molecular formula is C12H11BrN2O2S. The summed E-state index contributed by atoms with van der Waals surface area (Å²) in [5.41, 5.74) is 6.30. The summed E-state index contributed by atoms with van der Waals surface area (Å²) in [5, 5.41) is 0. The Kier molecular flexibility index (Phi) is 3.41. The number of hydrogen-bond acceptors (Lipinski definition) is 4. The van der Waals surface area contributed by atoms with Crippen molar-refractivity contribution >= 4 is 31.6 Å². The Hall–Kier alpha value is -1.40. The van der Waals surface area contributed by atoms with Gasteiger partial charge in [0.1, 0.15) is 5.82 Å². The molecule has 2 N–H and O–H groups in total. The predicted molar refractivity (Wildman–Crippen MR) is 73.0 cm³/mol. The molecule has 18 heavy (non-hydrogen) atoms. The van der Waals surface area contributed by atoms with Crippen LogP contribution in [0.2, 0.25) is 0 Å². The van der Waals surface area contributed by atoms with Crippen molar-refractivity contribution in [2.45, 2.75) is 16.7 Å². The molecule has 0 aliphatic carbocycles. The summed E-state index contributed by atoms with van der Waals surface area (Å²) in [7, 11) is -3.53. The van der Waals surface area contributed by atoms with Crippen LogP contribution >= 0.6 is 15.9 Å². The number of benzene rings is 1. The Morgan fingerprint density at radius 3 is 2.39 bits per heavy atom. The molecule has 4 nitrogen and oxygen atoms in total. The van der Waals surface area contributed by atoms with E-state index in [2.05, 4.69) is 20.9 Å². The van der Waals surface area contributed by atoms with Crippen molar-refractivity contribution in [3.8, 4) is 0 Å². The minimum Gasteiger partial charge on any atom is -0.384 e. The molecule has 0 bridgehead atoms. The summed E-state index contributed by atoms with van der Waals surface area (Å²) in [6, 6.07) is 7.82. The van der Waals surface area contributed by atoms with E-state index in [0.29, 0.717) is 5.82 Å². The molecule has 1 aromatic heterocycles. The second kappa shape index (κ2) is 4.70. The molecular weight excluding hydrogens is 316 g/mol. The number of halogens is 1. The summed E-state index contributed by atoms with van der Waals surface area (Å²) < 4.78 is 25.5. The Morgan fingerprint density at radius 1 is 1.17 bits per heavy atom. The van der Waals surface area contributed by atoms with Crippen molar-refractivity contribution in [2.24, 2.45) is 0 Å². The molecule has 0 unspecified atom stereocenters. The Labute approximate surface area is 114 Å². The highest BCUT2D eigenvalue weighted by molar-refractivity contribution is 9.10. The van der Waals surface area contributed by atoms with Crippen molar-refractivity contribution in [2.75, 3.05) is 5.73 Å². The van der Waals surface area contributed by atoms with Gasteiger partial charge in [-0.15, -0.1) is 0 Å². The van der Waals surface area contributed by atoms with E-state index in [4.69, 9.17) is 5.73 Å². The largest absolute Gasteiger partial charge is 0.384 e. The topological polar surface area (TPSA) is 73.0 Å². The fourth-order valence-electron chi connectivity index (χ4n) is 1.47. The van der Waals surface area contributed by atoms with Crippen molar-refractivity contribution in [1.29, 1.82) is 0 Å². The first-order valence-electron chi connectivity index (χ1n) is 5.14. The highest BCUT2D eigenvalue weighted by Gasteiger charge is 2.18. The summed E-state index contributed by atoms with van der Waals surface area (Å²) in [6.07, 6.45) is 1.27. The number of nitrogens with zero attached hydrogens (tertiary/aromatic N) is 1. The normalized spacial score (nSPS) is 11.4. The molecule has 0 aliphatic rings. The van der Waals surface area contributed by atoms with E-state index in [9.17, 15) is 8.42 Å². The van der Waals surface area contributed by atoms with Gasteiger partial charge in [0.2, 0.25) is 9.84 Å². The zero-order chi connectivity index (χ0) is 13.3. The molecule has 6 heteroatoms. The zero-order valence-corrected chi connectivity index (χ0v) is 12.0. The molecule has 0 fully saturated rings. The molecule has 2 aromatic rings. The maximum Gasteiger partial charge on any atom is 0.208 e. The van der Waals surface area contributed by atoms with Gasteiger partial charge in [-0.25, -0.2) is 13.4 Å². The molecule has 0 amide bonds. The van der Waals surface area contributed by atoms with Gasteiger partial charge in [-0.1, -0.05) is 15.9 Å². The lowest BCUT2D eigenvalue weighted by molar-refractivity contribution is 0.595. The highest BCUT2D eigenvalue weighted by Crippen LogP contribution is 2.25.